The van der Waals surface area contributed by atoms with Crippen LogP contribution in [0.25, 0.3) is 5.69 Å². The number of hydrogen-bond donors (Lipinski definition) is 0. The standard InChI is InChI=1S/C13H11BrFNO/c1-8-5-10(7-17)9(2)16(8)11-3-4-13(15)12(14)6-11/h3-7H,1-2H3. The quantitative estimate of drug-likeness (QED) is 0.772. The Morgan fingerprint density at radius 1 is 1.29 bits per heavy atom. The second kappa shape index (κ2) is 4.45. The fraction of sp³-hybridized carbons (Fsp3) is 0.154. The molecular formula is C13H11BrFNO. The van der Waals surface area contributed by atoms with E-state index >= 15 is 0 Å². The van der Waals surface area contributed by atoms with Crippen molar-refractivity contribution >= 4 is 22.2 Å². The maximum absolute atomic E-state index is 13.2. The predicted molar refractivity (Wildman–Crippen MR) is 68.3 cm³/mol. The Labute approximate surface area is 107 Å². The number of aldehydes is 1. The molecule has 0 aliphatic heterocycles. The van der Waals surface area contributed by atoms with E-state index in [1.165, 1.54) is 6.07 Å². The lowest BCUT2D eigenvalue weighted by Gasteiger charge is -2.10. The Hall–Kier alpha value is -1.42. The van der Waals surface area contributed by atoms with E-state index in [0.29, 0.717) is 10.0 Å². The lowest BCUT2D eigenvalue weighted by Crippen LogP contribution is -2.00. The third-order valence-electron chi connectivity index (χ3n) is 2.76. The summed E-state index contributed by atoms with van der Waals surface area (Å²) < 4.78 is 15.5. The van der Waals surface area contributed by atoms with Gasteiger partial charge in [-0.3, -0.25) is 4.79 Å². The molecule has 0 atom stereocenters. The normalized spacial score (nSPS) is 10.6. The molecule has 0 fully saturated rings. The van der Waals surface area contributed by atoms with Crippen molar-refractivity contribution in [1.29, 1.82) is 0 Å². The molecular weight excluding hydrogens is 285 g/mol. The molecule has 2 aromatic rings. The second-order valence-electron chi connectivity index (χ2n) is 3.88. The van der Waals surface area contributed by atoms with Crippen molar-refractivity contribution < 1.29 is 9.18 Å². The van der Waals surface area contributed by atoms with Gasteiger partial charge in [0.25, 0.3) is 0 Å². The first-order valence-electron chi connectivity index (χ1n) is 5.14. The SMILES string of the molecule is Cc1cc(C=O)c(C)n1-c1ccc(F)c(Br)c1. The molecule has 4 heteroatoms. The number of aromatic nitrogens is 1. The smallest absolute Gasteiger partial charge is 0.151 e. The van der Waals surface area contributed by atoms with Gasteiger partial charge in [0, 0.05) is 22.6 Å². The molecule has 0 bridgehead atoms. The largest absolute Gasteiger partial charge is 0.318 e. The highest BCUT2D eigenvalue weighted by atomic mass is 79.9. The maximum atomic E-state index is 13.2. The zero-order chi connectivity index (χ0) is 12.6. The van der Waals surface area contributed by atoms with Crippen molar-refractivity contribution in [3.8, 4) is 5.69 Å². The maximum Gasteiger partial charge on any atom is 0.151 e. The average molecular weight is 296 g/mol. The number of benzene rings is 1. The van der Waals surface area contributed by atoms with Crippen molar-refractivity contribution in [3.05, 3.63) is 51.5 Å². The zero-order valence-electron chi connectivity index (χ0n) is 9.50. The monoisotopic (exact) mass is 295 g/mol. The third kappa shape index (κ3) is 2.05. The lowest BCUT2D eigenvalue weighted by atomic mass is 10.2. The van der Waals surface area contributed by atoms with E-state index < -0.39 is 0 Å². The van der Waals surface area contributed by atoms with Gasteiger partial charge in [-0.1, -0.05) is 0 Å². The van der Waals surface area contributed by atoms with Crippen molar-refractivity contribution in [1.82, 2.24) is 4.57 Å². The molecule has 0 saturated carbocycles. The highest BCUT2D eigenvalue weighted by Gasteiger charge is 2.11. The third-order valence-corrected chi connectivity index (χ3v) is 3.37. The minimum atomic E-state index is -0.299. The predicted octanol–water partition coefficient (Wildman–Crippen LogP) is 3.81. The van der Waals surface area contributed by atoms with E-state index in [1.807, 2.05) is 24.5 Å². The number of carbonyl (C=O) groups is 1. The number of rotatable bonds is 2. The van der Waals surface area contributed by atoms with E-state index in [-0.39, 0.29) is 5.82 Å². The summed E-state index contributed by atoms with van der Waals surface area (Å²) in [6.45, 7) is 3.78. The van der Waals surface area contributed by atoms with Gasteiger partial charge in [0.05, 0.1) is 4.47 Å². The molecule has 2 rings (SSSR count). The van der Waals surface area contributed by atoms with Crippen LogP contribution in [0.2, 0.25) is 0 Å². The molecule has 1 aromatic carbocycles. The summed E-state index contributed by atoms with van der Waals surface area (Å²) in [5, 5.41) is 0. The summed E-state index contributed by atoms with van der Waals surface area (Å²) in [6.07, 6.45) is 0.831. The Morgan fingerprint density at radius 3 is 2.53 bits per heavy atom. The molecule has 2 nitrogen and oxygen atoms in total. The minimum Gasteiger partial charge on any atom is -0.318 e. The molecule has 0 aliphatic carbocycles. The van der Waals surface area contributed by atoms with E-state index in [2.05, 4.69) is 15.9 Å². The van der Waals surface area contributed by atoms with E-state index in [0.717, 1.165) is 23.4 Å². The molecule has 1 aromatic heterocycles. The van der Waals surface area contributed by atoms with Gasteiger partial charge in [0.2, 0.25) is 0 Å². The van der Waals surface area contributed by atoms with Crippen molar-refractivity contribution in [2.75, 3.05) is 0 Å². The summed E-state index contributed by atoms with van der Waals surface area (Å²) in [5.41, 5.74) is 3.29. The Balaban J connectivity index is 2.63. The molecule has 0 unspecified atom stereocenters. The molecule has 0 saturated heterocycles. The molecule has 88 valence electrons. The molecule has 0 N–H and O–H groups in total. The van der Waals surface area contributed by atoms with Crippen LogP contribution in [0.1, 0.15) is 21.7 Å². The number of aryl methyl sites for hydroxylation is 1. The average Bonchev–Trinajstić information content (AvgIpc) is 2.58. The van der Waals surface area contributed by atoms with E-state index in [4.69, 9.17) is 0 Å². The lowest BCUT2D eigenvalue weighted by molar-refractivity contribution is 0.112. The van der Waals surface area contributed by atoms with Crippen LogP contribution < -0.4 is 0 Å². The second-order valence-corrected chi connectivity index (χ2v) is 4.73. The fourth-order valence-corrected chi connectivity index (χ4v) is 2.30. The number of carbonyl (C=O) groups excluding carboxylic acids is 1. The Morgan fingerprint density at radius 2 is 2.00 bits per heavy atom. The molecule has 0 aliphatic rings. The Kier molecular flexibility index (Phi) is 3.15. The van der Waals surface area contributed by atoms with Gasteiger partial charge in [0.15, 0.2) is 6.29 Å². The number of nitrogens with zero attached hydrogens (tertiary/aromatic N) is 1. The number of hydrogen-bond acceptors (Lipinski definition) is 1. The first-order chi connectivity index (χ1) is 8.04. The van der Waals surface area contributed by atoms with Gasteiger partial charge in [-0.25, -0.2) is 4.39 Å². The van der Waals surface area contributed by atoms with Gasteiger partial charge >= 0.3 is 0 Å². The summed E-state index contributed by atoms with van der Waals surface area (Å²) in [6, 6.07) is 6.61. The van der Waals surface area contributed by atoms with Gasteiger partial charge in [-0.15, -0.1) is 0 Å². The van der Waals surface area contributed by atoms with Crippen molar-refractivity contribution in [3.63, 3.8) is 0 Å². The van der Waals surface area contributed by atoms with E-state index in [9.17, 15) is 9.18 Å². The van der Waals surface area contributed by atoms with Crippen molar-refractivity contribution in [2.45, 2.75) is 13.8 Å². The summed E-state index contributed by atoms with van der Waals surface area (Å²) in [4.78, 5) is 10.9. The van der Waals surface area contributed by atoms with Gasteiger partial charge in [-0.2, -0.15) is 0 Å². The zero-order valence-corrected chi connectivity index (χ0v) is 11.1. The van der Waals surface area contributed by atoms with Crippen LogP contribution in [0.4, 0.5) is 4.39 Å². The highest BCUT2D eigenvalue weighted by Crippen LogP contribution is 2.24. The highest BCUT2D eigenvalue weighted by molar-refractivity contribution is 9.10. The van der Waals surface area contributed by atoms with Crippen molar-refractivity contribution in [2.24, 2.45) is 0 Å². The van der Waals surface area contributed by atoms with Crippen LogP contribution in [-0.4, -0.2) is 10.9 Å². The topological polar surface area (TPSA) is 22.0 Å². The minimum absolute atomic E-state index is 0.299. The van der Waals surface area contributed by atoms with Crippen LogP contribution in [0, 0.1) is 19.7 Å². The van der Waals surface area contributed by atoms with Crippen LogP contribution >= 0.6 is 15.9 Å². The summed E-state index contributed by atoms with van der Waals surface area (Å²) in [7, 11) is 0. The summed E-state index contributed by atoms with van der Waals surface area (Å²) >= 11 is 3.16. The van der Waals surface area contributed by atoms with Crippen LogP contribution in [0.5, 0.6) is 0 Å². The molecule has 1 heterocycles. The fourth-order valence-electron chi connectivity index (χ4n) is 1.93. The van der Waals surface area contributed by atoms with Gasteiger partial charge in [-0.05, 0) is 54.0 Å². The molecule has 17 heavy (non-hydrogen) atoms. The molecule has 0 radical (unpaired) electrons. The summed E-state index contributed by atoms with van der Waals surface area (Å²) in [5.74, 6) is -0.299. The first-order valence-corrected chi connectivity index (χ1v) is 5.93. The van der Waals surface area contributed by atoms with Gasteiger partial charge in [0.1, 0.15) is 5.82 Å². The molecule has 0 spiro atoms. The van der Waals surface area contributed by atoms with Crippen LogP contribution in [0.15, 0.2) is 28.7 Å². The van der Waals surface area contributed by atoms with E-state index in [1.54, 1.807) is 12.1 Å². The molecule has 0 amide bonds. The number of halogens is 2. The Bertz CT molecular complexity index is 589. The van der Waals surface area contributed by atoms with Crippen LogP contribution in [-0.2, 0) is 0 Å². The van der Waals surface area contributed by atoms with Gasteiger partial charge < -0.3 is 4.57 Å². The first kappa shape index (κ1) is 12.0. The van der Waals surface area contributed by atoms with Crippen LogP contribution in [0.3, 0.4) is 0 Å².